The molecule has 1 aliphatic heterocycles. The minimum Gasteiger partial charge on any atom is -0.383 e. The molecule has 1 aliphatic rings. The zero-order chi connectivity index (χ0) is 19.7. The van der Waals surface area contributed by atoms with E-state index in [0.29, 0.717) is 46.0 Å². The van der Waals surface area contributed by atoms with Gasteiger partial charge in [0.1, 0.15) is 0 Å². The maximum Gasteiger partial charge on any atom is 0.416 e. The van der Waals surface area contributed by atoms with Crippen molar-refractivity contribution in [3.8, 4) is 0 Å². The van der Waals surface area contributed by atoms with Gasteiger partial charge in [-0.15, -0.1) is 0 Å². The number of amides is 1. The van der Waals surface area contributed by atoms with Crippen LogP contribution >= 0.6 is 0 Å². The van der Waals surface area contributed by atoms with Crippen molar-refractivity contribution in [1.29, 1.82) is 0 Å². The number of carbonyl (C=O) groups excluding carboxylic acids is 1. The van der Waals surface area contributed by atoms with Gasteiger partial charge in [0.15, 0.2) is 0 Å². The van der Waals surface area contributed by atoms with Crippen LogP contribution in [0.5, 0.6) is 0 Å². The van der Waals surface area contributed by atoms with Gasteiger partial charge in [-0.2, -0.15) is 13.2 Å². The molecular weight excluding hydrogens is 363 g/mol. The number of nitrogens with one attached hydrogen (secondary N) is 2. The molecule has 1 aromatic rings. The molecule has 0 radical (unpaired) electrons. The topological polar surface area (TPSA) is 62.8 Å². The number of hydrogen-bond acceptors (Lipinski definition) is 5. The van der Waals surface area contributed by atoms with Crippen LogP contribution in [0.3, 0.4) is 0 Å². The Labute approximate surface area is 157 Å². The van der Waals surface area contributed by atoms with Gasteiger partial charge in [-0.05, 0) is 17.7 Å². The highest BCUT2D eigenvalue weighted by Gasteiger charge is 2.31. The normalized spacial score (nSPS) is 16.9. The summed E-state index contributed by atoms with van der Waals surface area (Å²) in [4.78, 5) is 14.1. The third-order valence-corrected chi connectivity index (χ3v) is 4.37. The van der Waals surface area contributed by atoms with Gasteiger partial charge in [0, 0.05) is 33.3 Å². The van der Waals surface area contributed by atoms with E-state index >= 15 is 0 Å². The molecule has 0 spiro atoms. The summed E-state index contributed by atoms with van der Waals surface area (Å²) in [7, 11) is 1.58. The smallest absolute Gasteiger partial charge is 0.383 e. The third kappa shape index (κ3) is 7.10. The molecule has 1 amide bonds. The summed E-state index contributed by atoms with van der Waals surface area (Å²) < 4.78 is 48.7. The molecule has 1 heterocycles. The Hall–Kier alpha value is -1.68. The highest BCUT2D eigenvalue weighted by Crippen LogP contribution is 2.31. The standard InChI is InChI=1S/C18H26F3N3O3/c1-26-9-6-22-13-17(25)23-12-16(24-7-10-27-11-8-24)14-2-4-15(5-3-14)18(19,20)21/h2-5,16,22H,6-13H2,1H3,(H,23,25). The van der Waals surface area contributed by atoms with Crippen molar-refractivity contribution in [3.63, 3.8) is 0 Å². The fourth-order valence-electron chi connectivity index (χ4n) is 2.89. The van der Waals surface area contributed by atoms with E-state index in [4.69, 9.17) is 9.47 Å². The zero-order valence-corrected chi connectivity index (χ0v) is 15.3. The van der Waals surface area contributed by atoms with Gasteiger partial charge in [-0.1, -0.05) is 12.1 Å². The minimum atomic E-state index is -4.37. The fraction of sp³-hybridized carbons (Fsp3) is 0.611. The SMILES string of the molecule is COCCNCC(=O)NCC(c1ccc(C(F)(F)F)cc1)N1CCOCC1. The summed E-state index contributed by atoms with van der Waals surface area (Å²) in [6, 6.07) is 4.91. The molecule has 1 aromatic carbocycles. The molecule has 0 aromatic heterocycles. The molecule has 152 valence electrons. The first-order valence-electron chi connectivity index (χ1n) is 8.87. The average molecular weight is 389 g/mol. The quantitative estimate of drug-likeness (QED) is 0.626. The van der Waals surface area contributed by atoms with E-state index in [1.807, 2.05) is 0 Å². The first kappa shape index (κ1) is 21.6. The Kier molecular flexibility index (Phi) is 8.49. The molecule has 0 aliphatic carbocycles. The monoisotopic (exact) mass is 389 g/mol. The number of carbonyl (C=O) groups is 1. The number of nitrogens with zero attached hydrogens (tertiary/aromatic N) is 1. The summed E-state index contributed by atoms with van der Waals surface area (Å²) in [6.07, 6.45) is -4.37. The first-order valence-corrected chi connectivity index (χ1v) is 8.87. The molecule has 1 atom stereocenters. The summed E-state index contributed by atoms with van der Waals surface area (Å²) in [6.45, 7) is 3.99. The number of hydrogen-bond donors (Lipinski definition) is 2. The lowest BCUT2D eigenvalue weighted by atomic mass is 10.0. The molecule has 1 saturated heterocycles. The molecule has 1 fully saturated rings. The second kappa shape index (κ2) is 10.6. The van der Waals surface area contributed by atoms with Gasteiger partial charge in [0.05, 0.1) is 38.0 Å². The Morgan fingerprint density at radius 3 is 2.52 bits per heavy atom. The molecule has 6 nitrogen and oxygen atoms in total. The minimum absolute atomic E-state index is 0.159. The Morgan fingerprint density at radius 1 is 1.26 bits per heavy atom. The average Bonchev–Trinajstić information content (AvgIpc) is 2.66. The Morgan fingerprint density at radius 2 is 1.93 bits per heavy atom. The predicted octanol–water partition coefficient (Wildman–Crippen LogP) is 1.43. The Bertz CT molecular complexity index is 575. The predicted molar refractivity (Wildman–Crippen MR) is 94.3 cm³/mol. The van der Waals surface area contributed by atoms with Gasteiger partial charge in [-0.3, -0.25) is 9.69 Å². The van der Waals surface area contributed by atoms with Crippen LogP contribution in [0, 0.1) is 0 Å². The lowest BCUT2D eigenvalue weighted by molar-refractivity contribution is -0.137. The van der Waals surface area contributed by atoms with E-state index in [-0.39, 0.29) is 18.5 Å². The summed E-state index contributed by atoms with van der Waals surface area (Å²) in [5.41, 5.74) is 0.0518. The summed E-state index contributed by atoms with van der Waals surface area (Å²) in [5.74, 6) is -0.170. The van der Waals surface area contributed by atoms with Crippen LogP contribution in [-0.4, -0.2) is 70.5 Å². The molecule has 1 unspecified atom stereocenters. The maximum absolute atomic E-state index is 12.8. The lowest BCUT2D eigenvalue weighted by Gasteiger charge is -2.35. The second-order valence-electron chi connectivity index (χ2n) is 6.26. The van der Waals surface area contributed by atoms with E-state index in [0.717, 1.165) is 17.7 Å². The van der Waals surface area contributed by atoms with Crippen molar-refractivity contribution in [2.24, 2.45) is 0 Å². The van der Waals surface area contributed by atoms with E-state index < -0.39 is 11.7 Å². The van der Waals surface area contributed by atoms with Gasteiger partial charge in [-0.25, -0.2) is 0 Å². The summed E-state index contributed by atoms with van der Waals surface area (Å²) in [5, 5.41) is 5.81. The van der Waals surface area contributed by atoms with Crippen LogP contribution in [-0.2, 0) is 20.4 Å². The number of methoxy groups -OCH3 is 1. The summed E-state index contributed by atoms with van der Waals surface area (Å²) >= 11 is 0. The van der Waals surface area contributed by atoms with Gasteiger partial charge >= 0.3 is 6.18 Å². The molecule has 0 bridgehead atoms. The highest BCUT2D eigenvalue weighted by molar-refractivity contribution is 5.78. The zero-order valence-electron chi connectivity index (χ0n) is 15.3. The molecule has 0 saturated carbocycles. The van der Waals surface area contributed by atoms with Crippen molar-refractivity contribution in [3.05, 3.63) is 35.4 Å². The van der Waals surface area contributed by atoms with Crippen LogP contribution in [0.2, 0.25) is 0 Å². The van der Waals surface area contributed by atoms with Crippen LogP contribution < -0.4 is 10.6 Å². The Balaban J connectivity index is 2.00. The van der Waals surface area contributed by atoms with Gasteiger partial charge < -0.3 is 20.1 Å². The number of ether oxygens (including phenoxy) is 2. The van der Waals surface area contributed by atoms with Crippen LogP contribution in [0.25, 0.3) is 0 Å². The molecular formula is C18H26F3N3O3. The number of benzene rings is 1. The third-order valence-electron chi connectivity index (χ3n) is 4.37. The van der Waals surface area contributed by atoms with Crippen molar-refractivity contribution in [1.82, 2.24) is 15.5 Å². The van der Waals surface area contributed by atoms with E-state index in [1.165, 1.54) is 12.1 Å². The number of rotatable bonds is 9. The second-order valence-corrected chi connectivity index (χ2v) is 6.26. The number of morpholine rings is 1. The van der Waals surface area contributed by atoms with Gasteiger partial charge in [0.2, 0.25) is 5.91 Å². The first-order chi connectivity index (χ1) is 12.9. The van der Waals surface area contributed by atoms with Crippen LogP contribution in [0.4, 0.5) is 13.2 Å². The van der Waals surface area contributed by atoms with Crippen LogP contribution in [0.1, 0.15) is 17.2 Å². The maximum atomic E-state index is 12.8. The van der Waals surface area contributed by atoms with E-state index in [2.05, 4.69) is 15.5 Å². The largest absolute Gasteiger partial charge is 0.416 e. The van der Waals surface area contributed by atoms with Crippen molar-refractivity contribution < 1.29 is 27.4 Å². The van der Waals surface area contributed by atoms with Crippen LogP contribution in [0.15, 0.2) is 24.3 Å². The lowest BCUT2D eigenvalue weighted by Crippen LogP contribution is -2.45. The molecule has 27 heavy (non-hydrogen) atoms. The number of halogens is 3. The van der Waals surface area contributed by atoms with Crippen molar-refractivity contribution in [2.75, 3.05) is 59.7 Å². The fourth-order valence-corrected chi connectivity index (χ4v) is 2.89. The highest BCUT2D eigenvalue weighted by atomic mass is 19.4. The van der Waals surface area contributed by atoms with Gasteiger partial charge in [0.25, 0.3) is 0 Å². The van der Waals surface area contributed by atoms with E-state index in [1.54, 1.807) is 7.11 Å². The molecule has 2 rings (SSSR count). The van der Waals surface area contributed by atoms with Crippen molar-refractivity contribution >= 4 is 5.91 Å². The van der Waals surface area contributed by atoms with Crippen molar-refractivity contribution in [2.45, 2.75) is 12.2 Å². The van der Waals surface area contributed by atoms with E-state index in [9.17, 15) is 18.0 Å². The molecule has 9 heteroatoms. The number of alkyl halides is 3. The molecule has 2 N–H and O–H groups in total.